The van der Waals surface area contributed by atoms with Crippen molar-refractivity contribution in [2.75, 3.05) is 37.4 Å². The van der Waals surface area contributed by atoms with Crippen molar-refractivity contribution in [3.8, 4) is 0 Å². The number of amides is 1. The predicted molar refractivity (Wildman–Crippen MR) is 118 cm³/mol. The maximum Gasteiger partial charge on any atom is 0.337 e. The molecule has 1 aromatic carbocycles. The van der Waals surface area contributed by atoms with Crippen molar-refractivity contribution in [2.24, 2.45) is 5.41 Å². The second-order valence-corrected chi connectivity index (χ2v) is 8.83. The number of rotatable bonds is 7. The number of aliphatic hydroxyl groups is 1. The van der Waals surface area contributed by atoms with Gasteiger partial charge in [0.1, 0.15) is 5.70 Å². The Morgan fingerprint density at radius 2 is 1.97 bits per heavy atom. The monoisotopic (exact) mass is 447 g/mol. The summed E-state index contributed by atoms with van der Waals surface area (Å²) in [5, 5.41) is 15.9. The fraction of sp³-hybridized carbons (Fsp3) is 0.409. The molecule has 8 nitrogen and oxygen atoms in total. The molecular weight excluding hydrogens is 422 g/mol. The number of carbonyl (C=O) groups excluding carboxylic acids is 3. The van der Waals surface area contributed by atoms with Gasteiger partial charge in [-0.25, -0.2) is 4.79 Å². The van der Waals surface area contributed by atoms with Gasteiger partial charge in [0.2, 0.25) is 0 Å². The molecule has 166 valence electrons. The molecule has 0 unspecified atom stereocenters. The number of nitrogens with zero attached hydrogens (tertiary/aromatic N) is 1. The summed E-state index contributed by atoms with van der Waals surface area (Å²) >= 11 is 6.18. The van der Waals surface area contributed by atoms with Crippen LogP contribution >= 0.6 is 11.6 Å². The molecule has 31 heavy (non-hydrogen) atoms. The van der Waals surface area contributed by atoms with E-state index >= 15 is 0 Å². The number of hydrogen-bond acceptors (Lipinski definition) is 7. The van der Waals surface area contributed by atoms with E-state index in [0.29, 0.717) is 29.2 Å². The number of anilines is 2. The van der Waals surface area contributed by atoms with Gasteiger partial charge in [0.05, 0.1) is 37.2 Å². The summed E-state index contributed by atoms with van der Waals surface area (Å²) in [5.41, 5.74) is 1.90. The van der Waals surface area contributed by atoms with Crippen molar-refractivity contribution in [3.63, 3.8) is 0 Å². The number of halogens is 1. The lowest BCUT2D eigenvalue weighted by molar-refractivity contribution is -0.136. The molecular formula is C22H26ClN3O5. The Bertz CT molecular complexity index is 983. The number of methoxy groups -OCH3 is 1. The number of hydrogen-bond donors (Lipinski definition) is 3. The molecule has 1 amide bonds. The van der Waals surface area contributed by atoms with Crippen LogP contribution in [0.15, 0.2) is 41.2 Å². The SMILES string of the molecule is COC(=O)C1=C(Nc2cc(Cl)ccc2NC2=CC(=O)CC(C)(C)C2)C(=O)N(CCO)C1. The van der Waals surface area contributed by atoms with Gasteiger partial charge in [-0.2, -0.15) is 0 Å². The van der Waals surface area contributed by atoms with E-state index in [-0.39, 0.29) is 42.2 Å². The number of ether oxygens (including phenoxy) is 1. The van der Waals surface area contributed by atoms with Crippen LogP contribution in [0, 0.1) is 5.41 Å². The Kier molecular flexibility index (Phi) is 6.71. The zero-order valence-corrected chi connectivity index (χ0v) is 18.5. The second-order valence-electron chi connectivity index (χ2n) is 8.39. The minimum absolute atomic E-state index is 0.0333. The van der Waals surface area contributed by atoms with Crippen LogP contribution in [-0.4, -0.2) is 54.5 Å². The number of ketones is 1. The van der Waals surface area contributed by atoms with E-state index in [1.807, 2.05) is 13.8 Å². The predicted octanol–water partition coefficient (Wildman–Crippen LogP) is 2.70. The van der Waals surface area contributed by atoms with E-state index in [9.17, 15) is 19.5 Å². The summed E-state index contributed by atoms with van der Waals surface area (Å²) < 4.78 is 4.82. The van der Waals surface area contributed by atoms with E-state index in [1.165, 1.54) is 12.0 Å². The number of esters is 1. The van der Waals surface area contributed by atoms with Crippen molar-refractivity contribution < 1.29 is 24.2 Å². The maximum atomic E-state index is 12.8. The van der Waals surface area contributed by atoms with Gasteiger partial charge in [-0.1, -0.05) is 25.4 Å². The Labute approximate surface area is 185 Å². The fourth-order valence-corrected chi connectivity index (χ4v) is 3.98. The Morgan fingerprint density at radius 1 is 1.23 bits per heavy atom. The molecule has 0 radical (unpaired) electrons. The minimum atomic E-state index is -0.629. The Balaban J connectivity index is 1.94. The van der Waals surface area contributed by atoms with Crippen LogP contribution in [0.1, 0.15) is 26.7 Å². The smallest absolute Gasteiger partial charge is 0.337 e. The van der Waals surface area contributed by atoms with Gasteiger partial charge >= 0.3 is 5.97 Å². The van der Waals surface area contributed by atoms with Crippen molar-refractivity contribution in [1.82, 2.24) is 4.90 Å². The largest absolute Gasteiger partial charge is 0.466 e. The van der Waals surface area contributed by atoms with Gasteiger partial charge in [0.15, 0.2) is 5.78 Å². The molecule has 1 aliphatic heterocycles. The number of carbonyl (C=O) groups is 3. The molecule has 3 rings (SSSR count). The second kappa shape index (κ2) is 9.11. The first-order valence-electron chi connectivity index (χ1n) is 9.92. The van der Waals surface area contributed by atoms with Crippen LogP contribution in [0.5, 0.6) is 0 Å². The maximum absolute atomic E-state index is 12.8. The van der Waals surface area contributed by atoms with Crippen LogP contribution in [0.2, 0.25) is 5.02 Å². The highest BCUT2D eigenvalue weighted by Gasteiger charge is 2.35. The lowest BCUT2D eigenvalue weighted by atomic mass is 9.79. The van der Waals surface area contributed by atoms with E-state index in [1.54, 1.807) is 24.3 Å². The quantitative estimate of drug-likeness (QED) is 0.551. The highest BCUT2D eigenvalue weighted by molar-refractivity contribution is 6.31. The van der Waals surface area contributed by atoms with Gasteiger partial charge in [0, 0.05) is 29.8 Å². The molecule has 0 saturated heterocycles. The summed E-state index contributed by atoms with van der Waals surface area (Å²) in [4.78, 5) is 38.5. The third kappa shape index (κ3) is 5.26. The molecule has 1 aliphatic carbocycles. The molecule has 0 bridgehead atoms. The van der Waals surface area contributed by atoms with E-state index in [0.717, 1.165) is 5.70 Å². The first-order chi connectivity index (χ1) is 14.6. The van der Waals surface area contributed by atoms with E-state index in [2.05, 4.69) is 10.6 Å². The molecule has 0 saturated carbocycles. The van der Waals surface area contributed by atoms with Gasteiger partial charge in [-0.15, -0.1) is 0 Å². The molecule has 9 heteroatoms. The summed E-state index contributed by atoms with van der Waals surface area (Å²) in [6.45, 7) is 3.96. The Morgan fingerprint density at radius 3 is 2.61 bits per heavy atom. The topological polar surface area (TPSA) is 108 Å². The van der Waals surface area contributed by atoms with Crippen molar-refractivity contribution in [2.45, 2.75) is 26.7 Å². The van der Waals surface area contributed by atoms with Crippen molar-refractivity contribution >= 4 is 40.6 Å². The number of allylic oxidation sites excluding steroid dienone is 2. The molecule has 1 aromatic rings. The molecule has 0 fully saturated rings. The normalized spacial score (nSPS) is 18.2. The number of benzene rings is 1. The molecule has 2 aliphatic rings. The van der Waals surface area contributed by atoms with Crippen LogP contribution in [0.4, 0.5) is 11.4 Å². The standard InChI is InChI=1S/C22H26ClN3O5/c1-22(2)10-14(9-15(28)11-22)24-17-5-4-13(23)8-18(17)25-19-16(21(30)31-3)12-26(6-7-27)20(19)29/h4-5,8-9,24-25,27H,6-7,10-12H2,1-3H3. The van der Waals surface area contributed by atoms with Crippen LogP contribution < -0.4 is 10.6 Å². The first kappa shape index (κ1) is 22.8. The molecule has 3 N–H and O–H groups in total. The summed E-state index contributed by atoms with van der Waals surface area (Å²) in [7, 11) is 1.24. The van der Waals surface area contributed by atoms with Gasteiger partial charge in [0.25, 0.3) is 5.91 Å². The lowest BCUT2D eigenvalue weighted by Gasteiger charge is -2.29. The van der Waals surface area contributed by atoms with E-state index < -0.39 is 11.9 Å². The van der Waals surface area contributed by atoms with Crippen LogP contribution in [0.25, 0.3) is 0 Å². The van der Waals surface area contributed by atoms with Crippen molar-refractivity contribution in [1.29, 1.82) is 0 Å². The molecule has 1 heterocycles. The third-order valence-electron chi connectivity index (χ3n) is 5.15. The minimum Gasteiger partial charge on any atom is -0.466 e. The third-order valence-corrected chi connectivity index (χ3v) is 5.38. The fourth-order valence-electron chi connectivity index (χ4n) is 3.81. The highest BCUT2D eigenvalue weighted by atomic mass is 35.5. The van der Waals surface area contributed by atoms with Gasteiger partial charge in [-0.3, -0.25) is 9.59 Å². The zero-order valence-electron chi connectivity index (χ0n) is 17.8. The van der Waals surface area contributed by atoms with Crippen molar-refractivity contribution in [3.05, 3.63) is 46.3 Å². The number of nitrogens with one attached hydrogen (secondary N) is 2. The average Bonchev–Trinajstić information content (AvgIpc) is 2.98. The van der Waals surface area contributed by atoms with Crippen LogP contribution in [0.3, 0.4) is 0 Å². The van der Waals surface area contributed by atoms with Crippen LogP contribution in [-0.2, 0) is 19.1 Å². The van der Waals surface area contributed by atoms with E-state index in [4.69, 9.17) is 16.3 Å². The summed E-state index contributed by atoms with van der Waals surface area (Å²) in [6.07, 6.45) is 2.75. The van der Waals surface area contributed by atoms with Gasteiger partial charge < -0.3 is 25.4 Å². The number of aliphatic hydroxyl groups excluding tert-OH is 1. The Hall–Kier alpha value is -2.84. The molecule has 0 aromatic heterocycles. The summed E-state index contributed by atoms with van der Waals surface area (Å²) in [5.74, 6) is -1.01. The molecule has 0 spiro atoms. The average molecular weight is 448 g/mol. The lowest BCUT2D eigenvalue weighted by Crippen LogP contribution is -2.31. The first-order valence-corrected chi connectivity index (χ1v) is 10.3. The van der Waals surface area contributed by atoms with Gasteiger partial charge in [-0.05, 0) is 30.0 Å². The number of β-amino-alcohol motifs (C(OH)–C–C–N with tert-alkyl or cyclic N) is 1. The highest BCUT2D eigenvalue weighted by Crippen LogP contribution is 2.36. The summed E-state index contributed by atoms with van der Waals surface area (Å²) in [6, 6.07) is 5.06. The zero-order chi connectivity index (χ0) is 22.8. The molecule has 0 atom stereocenters.